The molecular formula is C11H24Cl2N2O. The van der Waals surface area contributed by atoms with Gasteiger partial charge in [-0.05, 0) is 25.3 Å². The highest BCUT2D eigenvalue weighted by Gasteiger charge is 2.29. The van der Waals surface area contributed by atoms with Crippen molar-refractivity contribution >= 4 is 24.8 Å². The maximum Gasteiger partial charge on any atom is 0.0594 e. The second kappa shape index (κ2) is 8.54. The van der Waals surface area contributed by atoms with Crippen LogP contribution in [0.3, 0.4) is 0 Å². The summed E-state index contributed by atoms with van der Waals surface area (Å²) in [4.78, 5) is 2.60. The van der Waals surface area contributed by atoms with Gasteiger partial charge in [0.15, 0.2) is 0 Å². The number of hydrogen-bond acceptors (Lipinski definition) is 3. The number of halogens is 2. The Labute approximate surface area is 111 Å². The Balaban J connectivity index is 0.00000112. The standard InChI is InChI=1S/C11H22N2O.2ClH/c12-9-10-3-1-2-4-11(10)13-5-7-14-8-6-13;;/h10-11H,1-9,12H2;2*1H/t10-,11-;;/m0../s1. The summed E-state index contributed by atoms with van der Waals surface area (Å²) >= 11 is 0. The van der Waals surface area contributed by atoms with Gasteiger partial charge in [-0.25, -0.2) is 0 Å². The van der Waals surface area contributed by atoms with E-state index in [9.17, 15) is 0 Å². The molecule has 98 valence electrons. The molecule has 5 heteroatoms. The number of morpholine rings is 1. The van der Waals surface area contributed by atoms with Crippen molar-refractivity contribution in [2.45, 2.75) is 31.7 Å². The molecule has 0 aromatic heterocycles. The molecule has 0 amide bonds. The molecule has 1 heterocycles. The Morgan fingerprint density at radius 1 is 1.06 bits per heavy atom. The van der Waals surface area contributed by atoms with Crippen molar-refractivity contribution in [1.29, 1.82) is 0 Å². The predicted molar refractivity (Wildman–Crippen MR) is 71.7 cm³/mol. The molecule has 0 aromatic carbocycles. The highest BCUT2D eigenvalue weighted by atomic mass is 35.5. The molecule has 2 aliphatic rings. The van der Waals surface area contributed by atoms with Gasteiger partial charge in [-0.2, -0.15) is 0 Å². The van der Waals surface area contributed by atoms with Gasteiger partial charge in [0.2, 0.25) is 0 Å². The lowest BCUT2D eigenvalue weighted by atomic mass is 9.83. The van der Waals surface area contributed by atoms with Crippen LogP contribution in [-0.4, -0.2) is 43.8 Å². The van der Waals surface area contributed by atoms with Crippen LogP contribution in [0.2, 0.25) is 0 Å². The van der Waals surface area contributed by atoms with Crippen LogP contribution in [0.4, 0.5) is 0 Å². The minimum Gasteiger partial charge on any atom is -0.379 e. The van der Waals surface area contributed by atoms with Crippen molar-refractivity contribution in [3.05, 3.63) is 0 Å². The van der Waals surface area contributed by atoms with Gasteiger partial charge in [0.1, 0.15) is 0 Å². The summed E-state index contributed by atoms with van der Waals surface area (Å²) in [5.41, 5.74) is 5.84. The molecule has 2 atom stereocenters. The van der Waals surface area contributed by atoms with E-state index in [1.165, 1.54) is 25.7 Å². The van der Waals surface area contributed by atoms with E-state index < -0.39 is 0 Å². The lowest BCUT2D eigenvalue weighted by Gasteiger charge is -2.41. The molecule has 0 spiro atoms. The first kappa shape index (κ1) is 16.5. The van der Waals surface area contributed by atoms with Gasteiger partial charge in [-0.3, -0.25) is 4.90 Å². The topological polar surface area (TPSA) is 38.5 Å². The minimum atomic E-state index is 0. The molecule has 1 aliphatic heterocycles. The summed E-state index contributed by atoms with van der Waals surface area (Å²) in [6.45, 7) is 4.91. The van der Waals surface area contributed by atoms with Crippen molar-refractivity contribution < 1.29 is 4.74 Å². The quantitative estimate of drug-likeness (QED) is 0.830. The highest BCUT2D eigenvalue weighted by Crippen LogP contribution is 2.28. The second-order valence-electron chi connectivity index (χ2n) is 4.50. The van der Waals surface area contributed by atoms with E-state index in [0.717, 1.165) is 44.8 Å². The zero-order valence-corrected chi connectivity index (χ0v) is 11.4. The van der Waals surface area contributed by atoms with E-state index in [2.05, 4.69) is 4.90 Å². The molecule has 0 aromatic rings. The number of rotatable bonds is 2. The number of nitrogens with two attached hydrogens (primary N) is 1. The van der Waals surface area contributed by atoms with Gasteiger partial charge < -0.3 is 10.5 Å². The van der Waals surface area contributed by atoms with Crippen molar-refractivity contribution in [2.75, 3.05) is 32.8 Å². The van der Waals surface area contributed by atoms with Crippen LogP contribution in [-0.2, 0) is 4.74 Å². The smallest absolute Gasteiger partial charge is 0.0594 e. The van der Waals surface area contributed by atoms with Gasteiger partial charge in [-0.15, -0.1) is 24.8 Å². The van der Waals surface area contributed by atoms with Crippen LogP contribution in [0.5, 0.6) is 0 Å². The van der Waals surface area contributed by atoms with E-state index in [0.29, 0.717) is 0 Å². The molecule has 16 heavy (non-hydrogen) atoms. The van der Waals surface area contributed by atoms with Gasteiger partial charge >= 0.3 is 0 Å². The average Bonchev–Trinajstić information content (AvgIpc) is 2.30. The first-order valence-corrected chi connectivity index (χ1v) is 5.93. The Morgan fingerprint density at radius 2 is 1.69 bits per heavy atom. The molecular weight excluding hydrogens is 247 g/mol. The zero-order valence-electron chi connectivity index (χ0n) is 9.77. The molecule has 1 saturated carbocycles. The SMILES string of the molecule is Cl.Cl.NC[C@@H]1CCCC[C@@H]1N1CCOCC1. The highest BCUT2D eigenvalue weighted by molar-refractivity contribution is 5.85. The monoisotopic (exact) mass is 270 g/mol. The lowest BCUT2D eigenvalue weighted by Crippen LogP contribution is -2.49. The Hall–Kier alpha value is 0.460. The molecule has 2 rings (SSSR count). The Kier molecular flexibility index (Phi) is 8.78. The minimum absolute atomic E-state index is 0. The van der Waals surface area contributed by atoms with E-state index in [1.807, 2.05) is 0 Å². The fourth-order valence-corrected chi connectivity index (χ4v) is 2.85. The third kappa shape index (κ3) is 4.04. The van der Waals surface area contributed by atoms with Crippen LogP contribution in [0.25, 0.3) is 0 Å². The van der Waals surface area contributed by atoms with Gasteiger partial charge in [0.05, 0.1) is 13.2 Å². The summed E-state index contributed by atoms with van der Waals surface area (Å²) in [5.74, 6) is 0.738. The van der Waals surface area contributed by atoms with Crippen LogP contribution in [0.15, 0.2) is 0 Å². The van der Waals surface area contributed by atoms with Crippen LogP contribution >= 0.6 is 24.8 Å². The van der Waals surface area contributed by atoms with Crippen LogP contribution < -0.4 is 5.73 Å². The van der Waals surface area contributed by atoms with Crippen LogP contribution in [0.1, 0.15) is 25.7 Å². The second-order valence-corrected chi connectivity index (χ2v) is 4.50. The molecule has 2 fully saturated rings. The first-order valence-electron chi connectivity index (χ1n) is 5.93. The summed E-state index contributed by atoms with van der Waals surface area (Å²) in [6, 6.07) is 0.748. The molecule has 1 saturated heterocycles. The van der Waals surface area contributed by atoms with E-state index >= 15 is 0 Å². The summed E-state index contributed by atoms with van der Waals surface area (Å²) in [6.07, 6.45) is 5.45. The predicted octanol–water partition coefficient (Wildman–Crippen LogP) is 1.68. The maximum absolute atomic E-state index is 5.84. The number of nitrogens with zero attached hydrogens (tertiary/aromatic N) is 1. The normalized spacial score (nSPS) is 31.3. The number of hydrogen-bond donors (Lipinski definition) is 1. The van der Waals surface area contributed by atoms with E-state index in [1.54, 1.807) is 0 Å². The van der Waals surface area contributed by atoms with Crippen molar-refractivity contribution in [1.82, 2.24) is 4.90 Å². The van der Waals surface area contributed by atoms with E-state index in [-0.39, 0.29) is 24.8 Å². The van der Waals surface area contributed by atoms with Gasteiger partial charge in [-0.1, -0.05) is 12.8 Å². The van der Waals surface area contributed by atoms with E-state index in [4.69, 9.17) is 10.5 Å². The fraction of sp³-hybridized carbons (Fsp3) is 1.00. The molecule has 3 nitrogen and oxygen atoms in total. The molecule has 1 aliphatic carbocycles. The third-order valence-electron chi connectivity index (χ3n) is 3.69. The zero-order chi connectivity index (χ0) is 9.80. The Morgan fingerprint density at radius 3 is 2.31 bits per heavy atom. The summed E-state index contributed by atoms with van der Waals surface area (Å²) < 4.78 is 5.39. The molecule has 0 radical (unpaired) electrons. The van der Waals surface area contributed by atoms with Crippen molar-refractivity contribution in [3.8, 4) is 0 Å². The maximum atomic E-state index is 5.84. The largest absolute Gasteiger partial charge is 0.379 e. The Bertz CT molecular complexity index is 177. The lowest BCUT2D eigenvalue weighted by molar-refractivity contribution is -0.00597. The third-order valence-corrected chi connectivity index (χ3v) is 3.69. The average molecular weight is 271 g/mol. The van der Waals surface area contributed by atoms with Crippen molar-refractivity contribution in [2.24, 2.45) is 11.7 Å². The van der Waals surface area contributed by atoms with Gasteiger partial charge in [0.25, 0.3) is 0 Å². The van der Waals surface area contributed by atoms with Gasteiger partial charge in [0, 0.05) is 19.1 Å². The molecule has 0 unspecified atom stereocenters. The van der Waals surface area contributed by atoms with Crippen LogP contribution in [0, 0.1) is 5.92 Å². The molecule has 0 bridgehead atoms. The van der Waals surface area contributed by atoms with Crippen molar-refractivity contribution in [3.63, 3.8) is 0 Å². The molecule has 2 N–H and O–H groups in total. The first-order chi connectivity index (χ1) is 6.92. The fourth-order valence-electron chi connectivity index (χ4n) is 2.85. The summed E-state index contributed by atoms with van der Waals surface area (Å²) in [5, 5.41) is 0. The number of ether oxygens (including phenoxy) is 1. The summed E-state index contributed by atoms with van der Waals surface area (Å²) in [7, 11) is 0.